The Bertz CT molecular complexity index is 1170. The summed E-state index contributed by atoms with van der Waals surface area (Å²) in [4.78, 5) is 4.05. The van der Waals surface area contributed by atoms with Crippen LogP contribution in [0.25, 0.3) is 10.8 Å². The monoisotopic (exact) mass is 369 g/mol. The van der Waals surface area contributed by atoms with Crippen LogP contribution in [0, 0.1) is 11.3 Å². The number of benzene rings is 3. The molecular weight excluding hydrogens is 350 g/mol. The van der Waals surface area contributed by atoms with Crippen molar-refractivity contribution >= 4 is 10.8 Å². The zero-order valence-corrected chi connectivity index (χ0v) is 15.4. The summed E-state index contributed by atoms with van der Waals surface area (Å²) in [5, 5.41) is 22.1. The van der Waals surface area contributed by atoms with Crippen LogP contribution >= 0.6 is 0 Å². The molecule has 138 valence electrons. The van der Waals surface area contributed by atoms with E-state index in [9.17, 15) is 10.4 Å². The lowest BCUT2D eigenvalue weighted by Gasteiger charge is -2.14. The Kier molecular flexibility index (Phi) is 4.79. The first-order valence-electron chi connectivity index (χ1n) is 8.98. The van der Waals surface area contributed by atoms with E-state index in [1.165, 1.54) is 0 Å². The maximum atomic E-state index is 10.5. The predicted molar refractivity (Wildman–Crippen MR) is 107 cm³/mol. The Balaban J connectivity index is 1.61. The van der Waals surface area contributed by atoms with Crippen molar-refractivity contribution in [2.24, 2.45) is 7.05 Å². The van der Waals surface area contributed by atoms with Crippen molar-refractivity contribution in [3.8, 4) is 17.6 Å². The molecule has 0 saturated carbocycles. The molecule has 0 amide bonds. The topological polar surface area (TPSA) is 71.1 Å². The average molecular weight is 369 g/mol. The van der Waals surface area contributed by atoms with E-state index >= 15 is 0 Å². The van der Waals surface area contributed by atoms with Crippen molar-refractivity contribution in [3.63, 3.8) is 0 Å². The van der Waals surface area contributed by atoms with Crippen LogP contribution in [0.15, 0.2) is 73.2 Å². The molecule has 1 N–H and O–H groups in total. The van der Waals surface area contributed by atoms with E-state index in [2.05, 4.69) is 11.1 Å². The summed E-state index contributed by atoms with van der Waals surface area (Å²) in [6, 6.07) is 21.4. The van der Waals surface area contributed by atoms with Crippen LogP contribution in [0.5, 0.6) is 11.5 Å². The van der Waals surface area contributed by atoms with Crippen LogP contribution in [0.4, 0.5) is 0 Å². The summed E-state index contributed by atoms with van der Waals surface area (Å²) in [5.41, 5.74) is 2.07. The first-order valence-corrected chi connectivity index (χ1v) is 8.98. The number of hydrogen-bond acceptors (Lipinski definition) is 4. The highest BCUT2D eigenvalue weighted by atomic mass is 16.5. The van der Waals surface area contributed by atoms with Crippen LogP contribution in [0.2, 0.25) is 0 Å². The third kappa shape index (κ3) is 3.59. The fourth-order valence-corrected chi connectivity index (χ4v) is 3.24. The molecular formula is C23H19N3O2. The van der Waals surface area contributed by atoms with Crippen LogP contribution in [0.1, 0.15) is 22.9 Å². The first kappa shape index (κ1) is 17.8. The highest BCUT2D eigenvalue weighted by Crippen LogP contribution is 2.30. The molecule has 1 heterocycles. The number of aliphatic hydroxyl groups excluding tert-OH is 1. The van der Waals surface area contributed by atoms with E-state index < -0.39 is 6.10 Å². The first-order chi connectivity index (χ1) is 13.6. The van der Waals surface area contributed by atoms with Crippen molar-refractivity contribution in [2.75, 3.05) is 0 Å². The molecule has 5 nitrogen and oxygen atoms in total. The Morgan fingerprint density at radius 1 is 1.11 bits per heavy atom. The number of nitriles is 1. The summed E-state index contributed by atoms with van der Waals surface area (Å²) in [6.45, 7) is 0. The number of ether oxygens (including phenoxy) is 1. The van der Waals surface area contributed by atoms with Gasteiger partial charge in [-0.2, -0.15) is 5.26 Å². The zero-order valence-electron chi connectivity index (χ0n) is 15.4. The molecule has 0 aliphatic rings. The molecule has 1 aromatic heterocycles. The number of imidazole rings is 1. The van der Waals surface area contributed by atoms with Gasteiger partial charge >= 0.3 is 0 Å². The largest absolute Gasteiger partial charge is 0.456 e. The molecule has 28 heavy (non-hydrogen) atoms. The van der Waals surface area contributed by atoms with Crippen molar-refractivity contribution in [1.82, 2.24) is 9.55 Å². The number of fused-ring (bicyclic) bond motifs is 1. The standard InChI is InChI=1S/C23H19N3O2/c1-26-15-25-14-21(26)22(27)10-16-6-7-19(13-24)23(11-16)28-20-9-8-17-4-2-3-5-18(17)12-20/h2-9,11-12,14-15,22,27H,10H2,1H3. The molecule has 0 radical (unpaired) electrons. The van der Waals surface area contributed by atoms with E-state index in [0.29, 0.717) is 23.5 Å². The second-order valence-corrected chi connectivity index (χ2v) is 6.70. The van der Waals surface area contributed by atoms with Gasteiger partial charge in [0.2, 0.25) is 0 Å². The molecule has 0 saturated heterocycles. The lowest BCUT2D eigenvalue weighted by molar-refractivity contribution is 0.170. The zero-order chi connectivity index (χ0) is 19.5. The molecule has 0 bridgehead atoms. The Labute approximate surface area is 163 Å². The molecule has 0 aliphatic heterocycles. The van der Waals surface area contributed by atoms with Gasteiger partial charge in [-0.15, -0.1) is 0 Å². The number of aromatic nitrogens is 2. The van der Waals surface area contributed by atoms with Crippen molar-refractivity contribution in [3.05, 3.63) is 90.0 Å². The van der Waals surface area contributed by atoms with E-state index in [4.69, 9.17) is 4.74 Å². The summed E-state index contributed by atoms with van der Waals surface area (Å²) in [7, 11) is 1.85. The molecule has 4 aromatic rings. The van der Waals surface area contributed by atoms with Gasteiger partial charge in [-0.1, -0.05) is 36.4 Å². The summed E-state index contributed by atoms with van der Waals surface area (Å²) >= 11 is 0. The average Bonchev–Trinajstić information content (AvgIpc) is 3.14. The van der Waals surface area contributed by atoms with Gasteiger partial charge < -0.3 is 14.4 Å². The minimum Gasteiger partial charge on any atom is -0.456 e. The van der Waals surface area contributed by atoms with Gasteiger partial charge in [0.15, 0.2) is 0 Å². The minimum atomic E-state index is -0.686. The summed E-state index contributed by atoms with van der Waals surface area (Å²) < 4.78 is 7.82. The molecule has 1 unspecified atom stereocenters. The number of nitrogens with zero attached hydrogens (tertiary/aromatic N) is 3. The molecule has 0 fully saturated rings. The van der Waals surface area contributed by atoms with Gasteiger partial charge in [0, 0.05) is 13.5 Å². The van der Waals surface area contributed by atoms with Crippen LogP contribution in [-0.4, -0.2) is 14.7 Å². The third-order valence-electron chi connectivity index (χ3n) is 4.74. The fraction of sp³-hybridized carbons (Fsp3) is 0.130. The van der Waals surface area contributed by atoms with Crippen molar-refractivity contribution < 1.29 is 9.84 Å². The van der Waals surface area contributed by atoms with Gasteiger partial charge in [0.1, 0.15) is 17.6 Å². The summed E-state index contributed by atoms with van der Waals surface area (Å²) in [5.74, 6) is 1.15. The lowest BCUT2D eigenvalue weighted by Crippen LogP contribution is -2.06. The SMILES string of the molecule is Cn1cncc1C(O)Cc1ccc(C#N)c(Oc2ccc3ccccc3c2)c1. The van der Waals surface area contributed by atoms with Gasteiger partial charge in [-0.05, 0) is 40.6 Å². The molecule has 0 aliphatic carbocycles. The number of hydrogen-bond donors (Lipinski definition) is 1. The second-order valence-electron chi connectivity index (χ2n) is 6.70. The molecule has 3 aromatic carbocycles. The quantitative estimate of drug-likeness (QED) is 0.562. The van der Waals surface area contributed by atoms with Crippen molar-refractivity contribution in [2.45, 2.75) is 12.5 Å². The molecule has 0 spiro atoms. The van der Waals surface area contributed by atoms with E-state index in [0.717, 1.165) is 22.0 Å². The van der Waals surface area contributed by atoms with Gasteiger partial charge in [0.25, 0.3) is 0 Å². The normalized spacial score (nSPS) is 11.9. The molecule has 4 rings (SSSR count). The number of aliphatic hydroxyl groups is 1. The third-order valence-corrected chi connectivity index (χ3v) is 4.74. The van der Waals surface area contributed by atoms with Crippen LogP contribution < -0.4 is 4.74 Å². The summed E-state index contributed by atoms with van der Waals surface area (Å²) in [6.07, 6.45) is 3.03. The number of aryl methyl sites for hydroxylation is 1. The van der Waals surface area contributed by atoms with Gasteiger partial charge in [-0.25, -0.2) is 4.98 Å². The van der Waals surface area contributed by atoms with Gasteiger partial charge in [0.05, 0.1) is 29.9 Å². The smallest absolute Gasteiger partial charge is 0.145 e. The maximum Gasteiger partial charge on any atom is 0.145 e. The minimum absolute atomic E-state index is 0.402. The Morgan fingerprint density at radius 2 is 1.93 bits per heavy atom. The number of rotatable bonds is 5. The lowest BCUT2D eigenvalue weighted by atomic mass is 10.0. The predicted octanol–water partition coefficient (Wildman–Crippen LogP) is 4.51. The second kappa shape index (κ2) is 7.55. The van der Waals surface area contributed by atoms with Crippen molar-refractivity contribution in [1.29, 1.82) is 5.26 Å². The van der Waals surface area contributed by atoms with Crippen LogP contribution in [0.3, 0.4) is 0 Å². The highest BCUT2D eigenvalue weighted by molar-refractivity contribution is 5.83. The maximum absolute atomic E-state index is 10.5. The molecule has 1 atom stereocenters. The van der Waals surface area contributed by atoms with E-state index in [-0.39, 0.29) is 0 Å². The highest BCUT2D eigenvalue weighted by Gasteiger charge is 2.14. The van der Waals surface area contributed by atoms with E-state index in [1.54, 1.807) is 23.2 Å². The fourth-order valence-electron chi connectivity index (χ4n) is 3.24. The molecule has 5 heteroatoms. The Hall–Kier alpha value is -3.62. The van der Waals surface area contributed by atoms with E-state index in [1.807, 2.05) is 61.6 Å². The van der Waals surface area contributed by atoms with Gasteiger partial charge in [-0.3, -0.25) is 0 Å². The van der Waals surface area contributed by atoms with Crippen LogP contribution in [-0.2, 0) is 13.5 Å². The Morgan fingerprint density at radius 3 is 2.68 bits per heavy atom.